The fraction of sp³-hybridized carbons (Fsp3) is 0.455. The highest BCUT2D eigenvalue weighted by molar-refractivity contribution is 7.89. The maximum absolute atomic E-state index is 12.2. The number of hydrogen-bond donors (Lipinski definition) is 1. The monoisotopic (exact) mass is 292 g/mol. The van der Waals surface area contributed by atoms with Crippen LogP contribution in [-0.4, -0.2) is 39.0 Å². The number of hydrogen-bond acceptors (Lipinski definition) is 4. The topological polar surface area (TPSA) is 72.6 Å². The summed E-state index contributed by atoms with van der Waals surface area (Å²) in [6, 6.07) is 6.70. The molecule has 18 heavy (non-hydrogen) atoms. The minimum absolute atomic E-state index is 0. The second kappa shape index (κ2) is 6.49. The molecule has 1 saturated heterocycles. The van der Waals surface area contributed by atoms with E-state index >= 15 is 0 Å². The first-order valence-corrected chi connectivity index (χ1v) is 6.95. The van der Waals surface area contributed by atoms with Crippen LogP contribution >= 0.6 is 12.4 Å². The fourth-order valence-corrected chi connectivity index (χ4v) is 3.14. The van der Waals surface area contributed by atoms with Crippen molar-refractivity contribution >= 4 is 22.4 Å². The first-order valence-electron chi connectivity index (χ1n) is 5.51. The zero-order chi connectivity index (χ0) is 12.3. The first-order chi connectivity index (χ1) is 8.14. The van der Waals surface area contributed by atoms with Gasteiger partial charge in [-0.2, -0.15) is 4.31 Å². The van der Waals surface area contributed by atoms with Crippen LogP contribution in [0.1, 0.15) is 5.56 Å². The van der Waals surface area contributed by atoms with Gasteiger partial charge in [0.25, 0.3) is 0 Å². The molecule has 1 heterocycles. The van der Waals surface area contributed by atoms with Gasteiger partial charge in [-0.05, 0) is 17.7 Å². The van der Waals surface area contributed by atoms with Crippen molar-refractivity contribution in [3.05, 3.63) is 29.8 Å². The number of halogens is 1. The van der Waals surface area contributed by atoms with E-state index in [1.165, 1.54) is 4.31 Å². The summed E-state index contributed by atoms with van der Waals surface area (Å²) in [4.78, 5) is 0.316. The summed E-state index contributed by atoms with van der Waals surface area (Å²) in [6.45, 7) is 2.17. The number of sulfonamides is 1. The van der Waals surface area contributed by atoms with Crippen molar-refractivity contribution < 1.29 is 13.2 Å². The van der Waals surface area contributed by atoms with Crippen LogP contribution in [0.15, 0.2) is 29.2 Å². The van der Waals surface area contributed by atoms with Crippen molar-refractivity contribution in [2.45, 2.75) is 11.4 Å². The molecular weight excluding hydrogens is 276 g/mol. The van der Waals surface area contributed by atoms with E-state index < -0.39 is 10.0 Å². The van der Waals surface area contributed by atoms with Gasteiger partial charge in [0.1, 0.15) is 0 Å². The normalized spacial score (nSPS) is 17.2. The molecule has 0 bridgehead atoms. The quantitative estimate of drug-likeness (QED) is 0.885. The number of morpholine rings is 1. The van der Waals surface area contributed by atoms with Crippen LogP contribution in [0.5, 0.6) is 0 Å². The second-order valence-corrected chi connectivity index (χ2v) is 5.80. The molecule has 0 saturated carbocycles. The van der Waals surface area contributed by atoms with Crippen LogP contribution < -0.4 is 5.73 Å². The third-order valence-corrected chi connectivity index (χ3v) is 4.68. The lowest BCUT2D eigenvalue weighted by Crippen LogP contribution is -2.40. The van der Waals surface area contributed by atoms with Gasteiger partial charge in [0.15, 0.2) is 0 Å². The smallest absolute Gasteiger partial charge is 0.243 e. The third-order valence-electron chi connectivity index (χ3n) is 2.77. The zero-order valence-electron chi connectivity index (χ0n) is 9.91. The summed E-state index contributed by atoms with van der Waals surface area (Å²) in [5.41, 5.74) is 6.40. The van der Waals surface area contributed by atoms with E-state index in [9.17, 15) is 8.42 Å². The van der Waals surface area contributed by atoms with Crippen molar-refractivity contribution in [3.63, 3.8) is 0 Å². The van der Waals surface area contributed by atoms with Gasteiger partial charge >= 0.3 is 0 Å². The minimum atomic E-state index is -3.37. The maximum Gasteiger partial charge on any atom is 0.243 e. The predicted molar refractivity (Wildman–Crippen MR) is 71.2 cm³/mol. The molecule has 1 fully saturated rings. The Morgan fingerprint density at radius 1 is 1.17 bits per heavy atom. The molecule has 0 aromatic heterocycles. The van der Waals surface area contributed by atoms with Crippen LogP contribution in [0, 0.1) is 0 Å². The van der Waals surface area contributed by atoms with E-state index in [2.05, 4.69) is 0 Å². The largest absolute Gasteiger partial charge is 0.379 e. The minimum Gasteiger partial charge on any atom is -0.379 e. The van der Waals surface area contributed by atoms with E-state index in [1.807, 2.05) is 0 Å². The summed E-state index contributed by atoms with van der Waals surface area (Å²) in [7, 11) is -3.37. The van der Waals surface area contributed by atoms with Crippen LogP contribution in [0.3, 0.4) is 0 Å². The predicted octanol–water partition coefficient (Wildman–Crippen LogP) is 0.588. The van der Waals surface area contributed by atoms with Crippen molar-refractivity contribution in [3.8, 4) is 0 Å². The Bertz CT molecular complexity index is 470. The highest BCUT2D eigenvalue weighted by Gasteiger charge is 2.25. The Balaban J connectivity index is 0.00000162. The molecule has 0 aliphatic carbocycles. The van der Waals surface area contributed by atoms with Gasteiger partial charge in [0.05, 0.1) is 18.1 Å². The molecule has 1 aliphatic heterocycles. The SMILES string of the molecule is Cl.NCc1ccc(S(=O)(=O)N2CCOCC2)cc1. The van der Waals surface area contributed by atoms with Gasteiger partial charge in [-0.3, -0.25) is 0 Å². The highest BCUT2D eigenvalue weighted by Crippen LogP contribution is 2.17. The van der Waals surface area contributed by atoms with Crippen LogP contribution in [-0.2, 0) is 21.3 Å². The van der Waals surface area contributed by atoms with Crippen molar-refractivity contribution in [2.75, 3.05) is 26.3 Å². The standard InChI is InChI=1S/C11H16N2O3S.ClH/c12-9-10-1-3-11(4-2-10)17(14,15)13-5-7-16-8-6-13;/h1-4H,5-9,12H2;1H. The third kappa shape index (κ3) is 3.21. The average molecular weight is 293 g/mol. The lowest BCUT2D eigenvalue weighted by Gasteiger charge is -2.26. The van der Waals surface area contributed by atoms with Crippen LogP contribution in [0.2, 0.25) is 0 Å². The molecule has 7 heteroatoms. The van der Waals surface area contributed by atoms with Crippen molar-refractivity contribution in [2.24, 2.45) is 5.73 Å². The summed E-state index contributed by atoms with van der Waals surface area (Å²) in [5, 5.41) is 0. The number of nitrogens with two attached hydrogens (primary N) is 1. The van der Waals surface area contributed by atoms with Crippen LogP contribution in [0.25, 0.3) is 0 Å². The molecule has 0 atom stereocenters. The molecule has 1 aromatic carbocycles. The number of nitrogens with zero attached hydrogens (tertiary/aromatic N) is 1. The Morgan fingerprint density at radius 2 is 1.72 bits per heavy atom. The maximum atomic E-state index is 12.2. The van der Waals surface area contributed by atoms with E-state index in [0.717, 1.165) is 5.56 Å². The average Bonchev–Trinajstić information content (AvgIpc) is 2.40. The van der Waals surface area contributed by atoms with Gasteiger partial charge < -0.3 is 10.5 Å². The summed E-state index contributed by atoms with van der Waals surface area (Å²) in [6.07, 6.45) is 0. The second-order valence-electron chi connectivity index (χ2n) is 3.86. The van der Waals surface area contributed by atoms with E-state index in [0.29, 0.717) is 37.7 Å². The van der Waals surface area contributed by atoms with E-state index in [-0.39, 0.29) is 12.4 Å². The van der Waals surface area contributed by atoms with E-state index in [4.69, 9.17) is 10.5 Å². The summed E-state index contributed by atoms with van der Waals surface area (Å²) in [5.74, 6) is 0. The lowest BCUT2D eigenvalue weighted by atomic mass is 10.2. The zero-order valence-corrected chi connectivity index (χ0v) is 11.5. The molecule has 0 radical (unpaired) electrons. The number of benzene rings is 1. The Kier molecular flexibility index (Phi) is 5.55. The Morgan fingerprint density at radius 3 is 2.22 bits per heavy atom. The first kappa shape index (κ1) is 15.4. The molecule has 0 unspecified atom stereocenters. The Labute approximate surface area is 113 Å². The number of ether oxygens (including phenoxy) is 1. The summed E-state index contributed by atoms with van der Waals surface area (Å²) >= 11 is 0. The highest BCUT2D eigenvalue weighted by atomic mass is 35.5. The molecule has 1 aliphatic rings. The molecule has 5 nitrogen and oxygen atoms in total. The number of rotatable bonds is 3. The van der Waals surface area contributed by atoms with Gasteiger partial charge in [-0.15, -0.1) is 12.4 Å². The van der Waals surface area contributed by atoms with Gasteiger partial charge in [0, 0.05) is 19.6 Å². The Hall–Kier alpha value is -0.660. The van der Waals surface area contributed by atoms with Gasteiger partial charge in [-0.1, -0.05) is 12.1 Å². The van der Waals surface area contributed by atoms with Crippen molar-refractivity contribution in [1.29, 1.82) is 0 Å². The molecular formula is C11H17ClN2O3S. The van der Waals surface area contributed by atoms with Gasteiger partial charge in [0.2, 0.25) is 10.0 Å². The van der Waals surface area contributed by atoms with Crippen molar-refractivity contribution in [1.82, 2.24) is 4.31 Å². The summed E-state index contributed by atoms with van der Waals surface area (Å²) < 4.78 is 31.0. The molecule has 0 amide bonds. The van der Waals surface area contributed by atoms with E-state index in [1.54, 1.807) is 24.3 Å². The van der Waals surface area contributed by atoms with Crippen LogP contribution in [0.4, 0.5) is 0 Å². The molecule has 0 spiro atoms. The molecule has 2 N–H and O–H groups in total. The lowest BCUT2D eigenvalue weighted by molar-refractivity contribution is 0.0730. The van der Waals surface area contributed by atoms with Gasteiger partial charge in [-0.25, -0.2) is 8.42 Å². The molecule has 102 valence electrons. The fourth-order valence-electron chi connectivity index (χ4n) is 1.73. The molecule has 2 rings (SSSR count). The molecule has 1 aromatic rings.